The first-order chi connectivity index (χ1) is 3.93. The van der Waals surface area contributed by atoms with Crippen LogP contribution in [0.15, 0.2) is 24.5 Å². The van der Waals surface area contributed by atoms with Gasteiger partial charge in [0.2, 0.25) is 0 Å². The van der Waals surface area contributed by atoms with Crippen LogP contribution in [0.25, 0.3) is 0 Å². The van der Waals surface area contributed by atoms with Crippen LogP contribution in [-0.4, -0.2) is 4.98 Å². The quantitative estimate of drug-likeness (QED) is 0.595. The summed E-state index contributed by atoms with van der Waals surface area (Å²) < 4.78 is 0. The van der Waals surface area contributed by atoms with Crippen molar-refractivity contribution in [2.45, 2.75) is 0 Å². The Morgan fingerprint density at radius 2 is 1.89 bits per heavy atom. The molecule has 0 atom stereocenters. The van der Waals surface area contributed by atoms with Gasteiger partial charge in [0.05, 0.1) is 0 Å². The van der Waals surface area contributed by atoms with E-state index in [1.54, 1.807) is 24.5 Å². The van der Waals surface area contributed by atoms with Crippen LogP contribution in [0.1, 0.15) is 0 Å². The van der Waals surface area contributed by atoms with Gasteiger partial charge in [-0.05, 0) is 0 Å². The Bertz CT molecular complexity index is 156. The molecule has 4 heteroatoms. The number of pyridine rings is 1. The molecule has 0 unspecified atom stereocenters. The number of rotatable bonds is 1. The van der Waals surface area contributed by atoms with Crippen molar-refractivity contribution in [3.63, 3.8) is 0 Å². The molecule has 2 N–H and O–H groups in total. The maximum absolute atomic E-state index is 4.82. The summed E-state index contributed by atoms with van der Waals surface area (Å²) in [7, 11) is 0. The maximum Gasteiger partial charge on any atom is 0.149 e. The van der Waals surface area contributed by atoms with Crippen molar-refractivity contribution in [1.82, 2.24) is 4.98 Å². The highest BCUT2D eigenvalue weighted by atomic mass is 35.5. The molecule has 0 saturated carbocycles. The average Bonchev–Trinajstić information content (AvgIpc) is 1.90. The van der Waals surface area contributed by atoms with Crippen molar-refractivity contribution in [2.24, 2.45) is 5.90 Å². The van der Waals surface area contributed by atoms with Gasteiger partial charge in [-0.25, -0.2) is 0 Å². The lowest BCUT2D eigenvalue weighted by molar-refractivity contribution is 0.334. The summed E-state index contributed by atoms with van der Waals surface area (Å²) in [5, 5.41) is 0. The molecule has 0 amide bonds. The second-order valence-corrected chi connectivity index (χ2v) is 1.30. The molecule has 0 fully saturated rings. The average molecular weight is 147 g/mol. The van der Waals surface area contributed by atoms with Gasteiger partial charge in [-0.1, -0.05) is 0 Å². The summed E-state index contributed by atoms with van der Waals surface area (Å²) in [6.07, 6.45) is 3.23. The first-order valence-electron chi connectivity index (χ1n) is 2.20. The van der Waals surface area contributed by atoms with Crippen molar-refractivity contribution in [3.8, 4) is 5.75 Å². The Kier molecular flexibility index (Phi) is 3.75. The van der Waals surface area contributed by atoms with Crippen LogP contribution >= 0.6 is 12.4 Å². The number of halogens is 1. The van der Waals surface area contributed by atoms with Gasteiger partial charge in [-0.15, -0.1) is 12.4 Å². The lowest BCUT2D eigenvalue weighted by Crippen LogP contribution is -2.00. The lowest BCUT2D eigenvalue weighted by Gasteiger charge is -1.92. The normalized spacial score (nSPS) is 7.67. The molecule has 0 aliphatic heterocycles. The summed E-state index contributed by atoms with van der Waals surface area (Å²) in [6, 6.07) is 3.36. The smallest absolute Gasteiger partial charge is 0.149 e. The van der Waals surface area contributed by atoms with E-state index in [-0.39, 0.29) is 12.4 Å². The van der Waals surface area contributed by atoms with Gasteiger partial charge in [-0.2, -0.15) is 5.90 Å². The summed E-state index contributed by atoms with van der Waals surface area (Å²) in [5.74, 6) is 5.45. The third-order valence-electron chi connectivity index (χ3n) is 0.786. The van der Waals surface area contributed by atoms with Crippen LogP contribution in [0.5, 0.6) is 5.75 Å². The molecule has 1 aromatic rings. The third kappa shape index (κ3) is 2.30. The van der Waals surface area contributed by atoms with Crippen LogP contribution < -0.4 is 10.7 Å². The fourth-order valence-electron chi connectivity index (χ4n) is 0.417. The van der Waals surface area contributed by atoms with Crippen LogP contribution in [0.4, 0.5) is 0 Å². The zero-order chi connectivity index (χ0) is 5.82. The van der Waals surface area contributed by atoms with Gasteiger partial charge in [-0.3, -0.25) is 4.98 Å². The Morgan fingerprint density at radius 1 is 1.33 bits per heavy atom. The van der Waals surface area contributed by atoms with E-state index in [4.69, 9.17) is 5.90 Å². The van der Waals surface area contributed by atoms with Gasteiger partial charge in [0.25, 0.3) is 0 Å². The minimum Gasteiger partial charge on any atom is -0.411 e. The number of hydrogen-bond donors (Lipinski definition) is 1. The highest BCUT2D eigenvalue weighted by Crippen LogP contribution is 2.02. The Hall–Kier alpha value is -0.800. The van der Waals surface area contributed by atoms with Gasteiger partial charge in [0.1, 0.15) is 5.75 Å². The lowest BCUT2D eigenvalue weighted by atomic mass is 10.5. The summed E-state index contributed by atoms with van der Waals surface area (Å²) in [4.78, 5) is 8.13. The highest BCUT2D eigenvalue weighted by molar-refractivity contribution is 5.85. The zero-order valence-corrected chi connectivity index (χ0v) is 5.47. The standard InChI is InChI=1S/C5H6N2O.ClH/c6-8-5-1-3-7-4-2-5;/h1-4H,6H2;1H. The number of hydrogen-bond acceptors (Lipinski definition) is 3. The number of aromatic nitrogens is 1. The van der Waals surface area contributed by atoms with E-state index in [0.717, 1.165) is 0 Å². The van der Waals surface area contributed by atoms with E-state index in [0.29, 0.717) is 5.75 Å². The zero-order valence-electron chi connectivity index (χ0n) is 4.65. The molecule has 9 heavy (non-hydrogen) atoms. The molecule has 0 aliphatic carbocycles. The molecular weight excluding hydrogens is 140 g/mol. The second-order valence-electron chi connectivity index (χ2n) is 1.30. The number of nitrogens with two attached hydrogens (primary N) is 1. The summed E-state index contributed by atoms with van der Waals surface area (Å²) in [5.41, 5.74) is 0. The molecule has 1 rings (SSSR count). The highest BCUT2D eigenvalue weighted by Gasteiger charge is 1.82. The first kappa shape index (κ1) is 8.20. The van der Waals surface area contributed by atoms with E-state index in [2.05, 4.69) is 9.82 Å². The topological polar surface area (TPSA) is 48.1 Å². The van der Waals surface area contributed by atoms with Crippen molar-refractivity contribution in [2.75, 3.05) is 0 Å². The first-order valence-corrected chi connectivity index (χ1v) is 2.20. The second kappa shape index (κ2) is 4.12. The van der Waals surface area contributed by atoms with Crippen molar-refractivity contribution < 1.29 is 4.84 Å². The number of nitrogens with zero attached hydrogens (tertiary/aromatic N) is 1. The molecule has 3 nitrogen and oxygen atoms in total. The molecule has 0 saturated heterocycles. The fraction of sp³-hybridized carbons (Fsp3) is 0. The van der Waals surface area contributed by atoms with Gasteiger partial charge in [0.15, 0.2) is 0 Å². The van der Waals surface area contributed by atoms with Crippen LogP contribution in [0, 0.1) is 0 Å². The molecule has 0 spiro atoms. The van der Waals surface area contributed by atoms with Crippen LogP contribution in [0.2, 0.25) is 0 Å². The predicted molar refractivity (Wildman–Crippen MR) is 36.3 cm³/mol. The molecule has 1 aromatic heterocycles. The SMILES string of the molecule is Cl.NOc1ccncc1. The fourth-order valence-corrected chi connectivity index (χ4v) is 0.417. The molecule has 0 aliphatic rings. The van der Waals surface area contributed by atoms with Gasteiger partial charge < -0.3 is 4.84 Å². The molecule has 0 radical (unpaired) electrons. The van der Waals surface area contributed by atoms with E-state index in [1.165, 1.54) is 0 Å². The van der Waals surface area contributed by atoms with Crippen molar-refractivity contribution in [1.29, 1.82) is 0 Å². The van der Waals surface area contributed by atoms with E-state index in [1.807, 2.05) is 0 Å². The van der Waals surface area contributed by atoms with Gasteiger partial charge in [0, 0.05) is 24.5 Å². The largest absolute Gasteiger partial charge is 0.411 e. The molecule has 1 heterocycles. The molecular formula is C5H7ClN2O. The van der Waals surface area contributed by atoms with Crippen molar-refractivity contribution in [3.05, 3.63) is 24.5 Å². The van der Waals surface area contributed by atoms with E-state index < -0.39 is 0 Å². The monoisotopic (exact) mass is 146 g/mol. The summed E-state index contributed by atoms with van der Waals surface area (Å²) >= 11 is 0. The van der Waals surface area contributed by atoms with Crippen LogP contribution in [-0.2, 0) is 0 Å². The maximum atomic E-state index is 4.82. The van der Waals surface area contributed by atoms with Gasteiger partial charge >= 0.3 is 0 Å². The molecule has 0 aromatic carbocycles. The van der Waals surface area contributed by atoms with E-state index >= 15 is 0 Å². The van der Waals surface area contributed by atoms with E-state index in [9.17, 15) is 0 Å². The molecule has 50 valence electrons. The third-order valence-corrected chi connectivity index (χ3v) is 0.786. The Labute approximate surface area is 59.2 Å². The van der Waals surface area contributed by atoms with Crippen LogP contribution in [0.3, 0.4) is 0 Å². The minimum absolute atomic E-state index is 0. The predicted octanol–water partition coefficient (Wildman–Crippen LogP) is 0.756. The Balaban J connectivity index is 0.000000640. The minimum atomic E-state index is 0. The van der Waals surface area contributed by atoms with Crippen molar-refractivity contribution >= 4 is 12.4 Å². The molecule has 0 bridgehead atoms. The summed E-state index contributed by atoms with van der Waals surface area (Å²) in [6.45, 7) is 0. The Morgan fingerprint density at radius 3 is 2.22 bits per heavy atom.